The van der Waals surface area contributed by atoms with Crippen molar-refractivity contribution in [3.8, 4) is 0 Å². The van der Waals surface area contributed by atoms with E-state index in [4.69, 9.17) is 38.3 Å². The van der Waals surface area contributed by atoms with Crippen LogP contribution in [0.4, 0.5) is 0 Å². The second kappa shape index (κ2) is 14.6. The molecule has 0 unspecified atom stereocenters. The van der Waals surface area contributed by atoms with Gasteiger partial charge < -0.3 is 43.2 Å². The first kappa shape index (κ1) is 29.5. The number of para-hydroxylation sites is 1. The molecule has 0 aliphatic carbocycles. The van der Waals surface area contributed by atoms with Crippen LogP contribution in [-0.4, -0.2) is 62.2 Å². The Morgan fingerprint density at radius 2 is 1.45 bits per heavy atom. The van der Waals surface area contributed by atoms with E-state index < -0.39 is 41.9 Å². The Labute approximate surface area is 190 Å². The van der Waals surface area contributed by atoms with Gasteiger partial charge in [0.1, 0.15) is 18.1 Å². The molecule has 0 aliphatic rings. The number of benzene rings is 1. The summed E-state index contributed by atoms with van der Waals surface area (Å²) in [5, 5.41) is 26.2. The van der Waals surface area contributed by atoms with E-state index in [1.165, 1.54) is 0 Å². The van der Waals surface area contributed by atoms with Gasteiger partial charge in [-0.2, -0.15) is 0 Å². The molecule has 1 aromatic carbocycles. The van der Waals surface area contributed by atoms with Gasteiger partial charge in [0.25, 0.3) is 0 Å². The van der Waals surface area contributed by atoms with Crippen LogP contribution in [0.3, 0.4) is 0 Å². The molecule has 0 saturated carbocycles. The summed E-state index contributed by atoms with van der Waals surface area (Å²) in [7, 11) is 0. The Morgan fingerprint density at radius 3 is 1.88 bits per heavy atom. The van der Waals surface area contributed by atoms with E-state index in [9.17, 15) is 19.2 Å². The van der Waals surface area contributed by atoms with Gasteiger partial charge in [-0.1, -0.05) is 32.0 Å². The van der Waals surface area contributed by atoms with Gasteiger partial charge in [-0.3, -0.25) is 19.2 Å². The van der Waals surface area contributed by atoms with Crippen molar-refractivity contribution in [2.45, 2.75) is 51.2 Å². The maximum Gasteiger partial charge on any atom is 0.320 e. The Balaban J connectivity index is 0.000000499. The molecule has 12 nitrogen and oxygen atoms in total. The minimum absolute atomic E-state index is 0.0208. The van der Waals surface area contributed by atoms with Gasteiger partial charge in [0.05, 0.1) is 0 Å². The summed E-state index contributed by atoms with van der Waals surface area (Å²) in [5.74, 6) is -3.52. The molecule has 1 aromatic heterocycles. The Kier molecular flexibility index (Phi) is 13.0. The number of nitrogens with one attached hydrogen (secondary N) is 1. The molecule has 3 atom stereocenters. The lowest BCUT2D eigenvalue weighted by Gasteiger charge is -2.07. The Bertz CT molecular complexity index is 929. The summed E-state index contributed by atoms with van der Waals surface area (Å²) < 4.78 is 0. The van der Waals surface area contributed by atoms with Gasteiger partial charge in [-0.25, -0.2) is 0 Å². The molecule has 0 radical (unpaired) electrons. The molecule has 2 aromatic rings. The van der Waals surface area contributed by atoms with E-state index in [-0.39, 0.29) is 18.8 Å². The predicted octanol–water partition coefficient (Wildman–Crippen LogP) is -0.160. The largest absolute Gasteiger partial charge is 0.480 e. The summed E-state index contributed by atoms with van der Waals surface area (Å²) in [4.78, 5) is 43.9. The summed E-state index contributed by atoms with van der Waals surface area (Å²) in [6.45, 7) is 3.55. The molecular weight excluding hydrogens is 434 g/mol. The summed E-state index contributed by atoms with van der Waals surface area (Å²) >= 11 is 0. The van der Waals surface area contributed by atoms with Crippen molar-refractivity contribution in [2.24, 2.45) is 28.9 Å². The first-order valence-corrected chi connectivity index (χ1v) is 10.1. The highest BCUT2D eigenvalue weighted by Gasteiger charge is 2.15. The first-order chi connectivity index (χ1) is 15.3. The number of carbonyl (C=O) groups is 4. The molecule has 0 bridgehead atoms. The van der Waals surface area contributed by atoms with E-state index >= 15 is 0 Å². The fourth-order valence-corrected chi connectivity index (χ4v) is 2.33. The highest BCUT2D eigenvalue weighted by atomic mass is 16.4. The van der Waals surface area contributed by atoms with Gasteiger partial charge in [-0.05, 0) is 24.0 Å². The molecule has 0 spiro atoms. The van der Waals surface area contributed by atoms with Gasteiger partial charge in [0, 0.05) is 29.9 Å². The van der Waals surface area contributed by atoms with Crippen molar-refractivity contribution in [1.82, 2.24) is 4.98 Å². The number of hydrogen-bond donors (Lipinski definition) is 8. The number of aromatic amines is 1. The van der Waals surface area contributed by atoms with Crippen molar-refractivity contribution >= 4 is 34.7 Å². The molecule has 1 amide bonds. The lowest BCUT2D eigenvalue weighted by atomic mass is 10.1. The van der Waals surface area contributed by atoms with Gasteiger partial charge in [-0.15, -0.1) is 0 Å². The highest BCUT2D eigenvalue weighted by molar-refractivity contribution is 5.84. The number of fused-ring (bicyclic) bond motifs is 1. The van der Waals surface area contributed by atoms with Gasteiger partial charge >= 0.3 is 17.9 Å². The number of primary amides is 1. The highest BCUT2D eigenvalue weighted by Crippen LogP contribution is 2.18. The fourth-order valence-electron chi connectivity index (χ4n) is 2.33. The van der Waals surface area contributed by atoms with Crippen molar-refractivity contribution in [3.05, 3.63) is 36.0 Å². The van der Waals surface area contributed by atoms with Crippen LogP contribution >= 0.6 is 0 Å². The third-order valence-corrected chi connectivity index (χ3v) is 4.45. The van der Waals surface area contributed by atoms with Crippen molar-refractivity contribution in [3.63, 3.8) is 0 Å². The minimum Gasteiger partial charge on any atom is -0.480 e. The van der Waals surface area contributed by atoms with E-state index in [1.54, 1.807) is 13.8 Å². The first-order valence-electron chi connectivity index (χ1n) is 10.1. The lowest BCUT2D eigenvalue weighted by molar-refractivity contribution is -0.140. The average molecular weight is 468 g/mol. The summed E-state index contributed by atoms with van der Waals surface area (Å²) in [6, 6.07) is 5.22. The van der Waals surface area contributed by atoms with Crippen molar-refractivity contribution in [2.75, 3.05) is 0 Å². The lowest BCUT2D eigenvalue weighted by Crippen LogP contribution is -2.34. The van der Waals surface area contributed by atoms with Crippen molar-refractivity contribution in [1.29, 1.82) is 0 Å². The number of carboxylic acid groups (broad SMARTS) is 3. The third kappa shape index (κ3) is 11.6. The smallest absolute Gasteiger partial charge is 0.320 e. The molecule has 12 N–H and O–H groups in total. The van der Waals surface area contributed by atoms with Crippen LogP contribution < -0.4 is 22.9 Å². The van der Waals surface area contributed by atoms with Gasteiger partial charge in [0.2, 0.25) is 5.91 Å². The minimum atomic E-state index is -1.11. The van der Waals surface area contributed by atoms with Crippen LogP contribution in [0.5, 0.6) is 0 Å². The van der Waals surface area contributed by atoms with E-state index in [0.717, 1.165) is 16.5 Å². The normalized spacial score (nSPS) is 13.0. The molecule has 33 heavy (non-hydrogen) atoms. The van der Waals surface area contributed by atoms with E-state index in [0.29, 0.717) is 6.42 Å². The number of rotatable bonds is 9. The van der Waals surface area contributed by atoms with Crippen LogP contribution in [0.25, 0.3) is 10.9 Å². The van der Waals surface area contributed by atoms with E-state index in [2.05, 4.69) is 4.98 Å². The molecular formula is C21H33N5O7. The standard InChI is InChI=1S/C11H12N2O2.C5H10N2O3.C5H11NO2/c12-9(11(14)15)5-7-6-13-10-4-2-1-3-8(7)10;6-3(5(9)10)1-2-4(7)8;1-3(2)4(6)5(7)8/h1-4,6,9,13H,5,12H2,(H,14,15);3H,1-2,6H2,(H2,7,8)(H,9,10);3-4H,6H2,1-2H3,(H,7,8)/t9-;3-;4-/m000/s1. The zero-order valence-electron chi connectivity index (χ0n) is 18.6. The number of carboxylic acids is 3. The third-order valence-electron chi connectivity index (χ3n) is 4.45. The maximum atomic E-state index is 10.6. The zero-order valence-corrected chi connectivity index (χ0v) is 18.6. The summed E-state index contributed by atoms with van der Waals surface area (Å²) in [6.07, 6.45) is 2.28. The van der Waals surface area contributed by atoms with Gasteiger partial charge in [0.15, 0.2) is 0 Å². The molecule has 0 saturated heterocycles. The summed E-state index contributed by atoms with van der Waals surface area (Å²) in [5.41, 5.74) is 22.4. The number of amides is 1. The molecule has 0 aliphatic heterocycles. The number of aliphatic carboxylic acids is 3. The second-order valence-corrected chi connectivity index (χ2v) is 7.57. The number of H-pyrrole nitrogens is 1. The number of carbonyl (C=O) groups excluding carboxylic acids is 1. The average Bonchev–Trinajstić information content (AvgIpc) is 3.14. The zero-order chi connectivity index (χ0) is 25.7. The SMILES string of the molecule is CC(C)[C@H](N)C(=O)O.NC(=O)CC[C@H](N)C(=O)O.N[C@@H](Cc1c[nH]c2ccccc12)C(=O)O. The predicted molar refractivity (Wildman–Crippen MR) is 122 cm³/mol. The molecule has 0 fully saturated rings. The fraction of sp³-hybridized carbons (Fsp3) is 0.429. The molecule has 2 rings (SSSR count). The monoisotopic (exact) mass is 467 g/mol. The number of nitrogens with two attached hydrogens (primary N) is 4. The molecule has 184 valence electrons. The topological polar surface area (TPSA) is 249 Å². The molecule has 1 heterocycles. The van der Waals surface area contributed by atoms with Crippen LogP contribution in [0.1, 0.15) is 32.3 Å². The number of hydrogen-bond acceptors (Lipinski definition) is 7. The van der Waals surface area contributed by atoms with Crippen LogP contribution in [0.15, 0.2) is 30.5 Å². The Morgan fingerprint density at radius 1 is 0.909 bits per heavy atom. The number of aromatic nitrogens is 1. The Hall–Kier alpha value is -3.48. The van der Waals surface area contributed by atoms with Crippen molar-refractivity contribution < 1.29 is 34.5 Å². The maximum absolute atomic E-state index is 10.6. The molecule has 12 heteroatoms. The van der Waals surface area contributed by atoms with E-state index in [1.807, 2.05) is 30.5 Å². The van der Waals surface area contributed by atoms with Crippen LogP contribution in [0, 0.1) is 5.92 Å². The second-order valence-electron chi connectivity index (χ2n) is 7.57. The van der Waals surface area contributed by atoms with Crippen LogP contribution in [0.2, 0.25) is 0 Å². The quantitative estimate of drug-likeness (QED) is 0.242. The van der Waals surface area contributed by atoms with Crippen LogP contribution in [-0.2, 0) is 25.6 Å².